The zero-order chi connectivity index (χ0) is 13.8. The molecule has 1 aliphatic rings. The summed E-state index contributed by atoms with van der Waals surface area (Å²) in [5.41, 5.74) is 5.32. The summed E-state index contributed by atoms with van der Waals surface area (Å²) >= 11 is 0. The van der Waals surface area contributed by atoms with E-state index >= 15 is 0 Å². The van der Waals surface area contributed by atoms with E-state index in [0.717, 1.165) is 23.8 Å². The molecule has 19 heavy (non-hydrogen) atoms. The largest absolute Gasteiger partial charge is 0.0911 e. The van der Waals surface area contributed by atoms with Crippen LogP contribution in [-0.2, 0) is 6.42 Å². The van der Waals surface area contributed by atoms with E-state index in [9.17, 15) is 0 Å². The van der Waals surface area contributed by atoms with Crippen LogP contribution in [0, 0.1) is 5.92 Å². The van der Waals surface area contributed by atoms with Gasteiger partial charge in [-0.1, -0.05) is 62.9 Å². The van der Waals surface area contributed by atoms with Gasteiger partial charge in [0.1, 0.15) is 0 Å². The molecule has 0 radical (unpaired) electrons. The van der Waals surface area contributed by atoms with Crippen molar-refractivity contribution in [2.45, 2.75) is 39.5 Å². The molecular weight excluding hydrogens is 228 g/mol. The minimum atomic E-state index is 0.775. The standard InChI is InChI=1S/C19H24/c1-5-7-8-9-14(3)19-13-17(18-12-15(18)4)11-10-16(19)6-2/h5,7-11,13,15,18H,3,6,12H2,1-2,4H3/b7-5-,9-8-. The molecule has 100 valence electrons. The SMILES string of the molecule is C=C(/C=C\C=C/C)c1cc(C2CC2C)ccc1CC. The first-order valence-electron chi connectivity index (χ1n) is 7.28. The molecule has 0 aromatic heterocycles. The molecule has 1 aromatic rings. The van der Waals surface area contributed by atoms with E-state index in [1.54, 1.807) is 0 Å². The van der Waals surface area contributed by atoms with Crippen molar-refractivity contribution in [1.29, 1.82) is 0 Å². The number of hydrogen-bond acceptors (Lipinski definition) is 0. The highest BCUT2D eigenvalue weighted by molar-refractivity contribution is 5.75. The van der Waals surface area contributed by atoms with Crippen molar-refractivity contribution < 1.29 is 0 Å². The second-order valence-corrected chi connectivity index (χ2v) is 5.50. The predicted octanol–water partition coefficient (Wildman–Crippen LogP) is 5.52. The highest BCUT2D eigenvalue weighted by atomic mass is 14.4. The van der Waals surface area contributed by atoms with E-state index in [4.69, 9.17) is 0 Å². The maximum Gasteiger partial charge on any atom is -0.0133 e. The summed E-state index contributed by atoms with van der Waals surface area (Å²) in [6.45, 7) is 10.8. The van der Waals surface area contributed by atoms with Crippen molar-refractivity contribution in [1.82, 2.24) is 0 Å². The van der Waals surface area contributed by atoms with Crippen molar-refractivity contribution in [3.05, 3.63) is 65.8 Å². The van der Waals surface area contributed by atoms with Gasteiger partial charge in [-0.3, -0.25) is 0 Å². The molecular formula is C19H24. The molecule has 0 saturated heterocycles. The lowest BCUT2D eigenvalue weighted by Crippen LogP contribution is -1.93. The van der Waals surface area contributed by atoms with Gasteiger partial charge in [-0.15, -0.1) is 0 Å². The van der Waals surface area contributed by atoms with Gasteiger partial charge >= 0.3 is 0 Å². The van der Waals surface area contributed by atoms with Gasteiger partial charge in [-0.25, -0.2) is 0 Å². The number of allylic oxidation sites excluding steroid dienone is 5. The van der Waals surface area contributed by atoms with Gasteiger partial charge in [0.2, 0.25) is 0 Å². The highest BCUT2D eigenvalue weighted by Crippen LogP contribution is 2.47. The van der Waals surface area contributed by atoms with E-state index in [-0.39, 0.29) is 0 Å². The van der Waals surface area contributed by atoms with E-state index < -0.39 is 0 Å². The van der Waals surface area contributed by atoms with Crippen LogP contribution < -0.4 is 0 Å². The highest BCUT2D eigenvalue weighted by Gasteiger charge is 2.34. The van der Waals surface area contributed by atoms with Gasteiger partial charge in [0.15, 0.2) is 0 Å². The summed E-state index contributed by atoms with van der Waals surface area (Å²) in [5.74, 6) is 1.63. The summed E-state index contributed by atoms with van der Waals surface area (Å²) in [6, 6.07) is 6.94. The van der Waals surface area contributed by atoms with Crippen LogP contribution in [0.5, 0.6) is 0 Å². The lowest BCUT2D eigenvalue weighted by Gasteiger charge is -2.11. The van der Waals surface area contributed by atoms with Crippen molar-refractivity contribution in [2.24, 2.45) is 5.92 Å². The fourth-order valence-electron chi connectivity index (χ4n) is 2.59. The average Bonchev–Trinajstić information content (AvgIpc) is 3.15. The maximum absolute atomic E-state index is 4.22. The Kier molecular flexibility index (Phi) is 4.42. The van der Waals surface area contributed by atoms with Crippen molar-refractivity contribution in [3.63, 3.8) is 0 Å². The first kappa shape index (κ1) is 13.9. The van der Waals surface area contributed by atoms with E-state index in [1.165, 1.54) is 23.1 Å². The molecule has 0 heterocycles. The van der Waals surface area contributed by atoms with Crippen molar-refractivity contribution >= 4 is 5.57 Å². The second kappa shape index (κ2) is 6.06. The third-order valence-corrected chi connectivity index (χ3v) is 4.00. The van der Waals surface area contributed by atoms with Crippen LogP contribution in [0.3, 0.4) is 0 Å². The summed E-state index contributed by atoms with van der Waals surface area (Å²) in [4.78, 5) is 0. The Labute approximate surface area is 117 Å². The Morgan fingerprint density at radius 2 is 2.11 bits per heavy atom. The minimum Gasteiger partial charge on any atom is -0.0911 e. The third-order valence-electron chi connectivity index (χ3n) is 4.00. The molecule has 1 aromatic carbocycles. The summed E-state index contributed by atoms with van der Waals surface area (Å²) in [5, 5.41) is 0. The quantitative estimate of drug-likeness (QED) is 0.605. The van der Waals surface area contributed by atoms with Crippen LogP contribution in [0.2, 0.25) is 0 Å². The van der Waals surface area contributed by atoms with Crippen LogP contribution in [0.15, 0.2) is 49.1 Å². The zero-order valence-corrected chi connectivity index (χ0v) is 12.3. The van der Waals surface area contributed by atoms with Crippen LogP contribution >= 0.6 is 0 Å². The number of aryl methyl sites for hydroxylation is 1. The molecule has 1 aliphatic carbocycles. The topological polar surface area (TPSA) is 0 Å². The van der Waals surface area contributed by atoms with E-state index in [1.807, 2.05) is 19.1 Å². The fourth-order valence-corrected chi connectivity index (χ4v) is 2.59. The monoisotopic (exact) mass is 252 g/mol. The zero-order valence-electron chi connectivity index (χ0n) is 12.3. The number of rotatable bonds is 5. The van der Waals surface area contributed by atoms with Gasteiger partial charge in [-0.05, 0) is 53.9 Å². The molecule has 0 aliphatic heterocycles. The smallest absolute Gasteiger partial charge is 0.0133 e. The molecule has 1 fully saturated rings. The first-order chi connectivity index (χ1) is 9.17. The molecule has 2 unspecified atom stereocenters. The molecule has 0 bridgehead atoms. The average molecular weight is 252 g/mol. The van der Waals surface area contributed by atoms with Crippen molar-refractivity contribution in [2.75, 3.05) is 0 Å². The second-order valence-electron chi connectivity index (χ2n) is 5.50. The lowest BCUT2D eigenvalue weighted by molar-refractivity contribution is 0.913. The van der Waals surface area contributed by atoms with Gasteiger partial charge in [-0.2, -0.15) is 0 Å². The normalized spacial score (nSPS) is 22.3. The van der Waals surface area contributed by atoms with E-state index in [2.05, 4.69) is 50.8 Å². The lowest BCUT2D eigenvalue weighted by atomic mass is 9.94. The fraction of sp³-hybridized carbons (Fsp3) is 0.368. The maximum atomic E-state index is 4.22. The predicted molar refractivity (Wildman–Crippen MR) is 85.3 cm³/mol. The van der Waals surface area contributed by atoms with Crippen LogP contribution in [0.25, 0.3) is 5.57 Å². The Morgan fingerprint density at radius 3 is 2.68 bits per heavy atom. The Balaban J connectivity index is 2.28. The Bertz CT molecular complexity index is 517. The molecule has 2 rings (SSSR count). The van der Waals surface area contributed by atoms with Gasteiger partial charge < -0.3 is 0 Å². The van der Waals surface area contributed by atoms with E-state index in [0.29, 0.717) is 0 Å². The van der Waals surface area contributed by atoms with Crippen LogP contribution in [-0.4, -0.2) is 0 Å². The molecule has 0 spiro atoms. The Morgan fingerprint density at radius 1 is 1.37 bits per heavy atom. The minimum absolute atomic E-state index is 0.775. The van der Waals surface area contributed by atoms with Crippen LogP contribution in [0.1, 0.15) is 49.8 Å². The van der Waals surface area contributed by atoms with Gasteiger partial charge in [0.25, 0.3) is 0 Å². The van der Waals surface area contributed by atoms with Crippen LogP contribution in [0.4, 0.5) is 0 Å². The molecule has 1 saturated carbocycles. The first-order valence-corrected chi connectivity index (χ1v) is 7.28. The summed E-state index contributed by atoms with van der Waals surface area (Å²) in [6.07, 6.45) is 10.7. The third kappa shape index (κ3) is 3.26. The molecule has 2 atom stereocenters. The summed E-state index contributed by atoms with van der Waals surface area (Å²) in [7, 11) is 0. The van der Waals surface area contributed by atoms with Gasteiger partial charge in [0.05, 0.1) is 0 Å². The molecule has 0 N–H and O–H groups in total. The molecule has 0 nitrogen and oxygen atoms in total. The van der Waals surface area contributed by atoms with Crippen molar-refractivity contribution in [3.8, 4) is 0 Å². The van der Waals surface area contributed by atoms with Gasteiger partial charge in [0, 0.05) is 0 Å². The Hall–Kier alpha value is -1.56. The molecule has 0 amide bonds. The molecule has 0 heteroatoms. The summed E-state index contributed by atoms with van der Waals surface area (Å²) < 4.78 is 0. The number of benzene rings is 1. The number of hydrogen-bond donors (Lipinski definition) is 0.